The molecule has 0 spiro atoms. The van der Waals surface area contributed by atoms with Crippen LogP contribution in [0.2, 0.25) is 0 Å². The third kappa shape index (κ3) is 4.84. The topological polar surface area (TPSA) is 32.3 Å². The summed E-state index contributed by atoms with van der Waals surface area (Å²) in [6.07, 6.45) is 7.20. The minimum Gasteiger partial charge on any atom is -0.342 e. The molecule has 0 aromatic rings. The first-order valence-electron chi connectivity index (χ1n) is 8.65. The number of carbonyl (C=O) groups is 1. The van der Waals surface area contributed by atoms with Gasteiger partial charge in [0.05, 0.1) is 0 Å². The van der Waals surface area contributed by atoms with Crippen LogP contribution in [0, 0.1) is 17.8 Å². The van der Waals surface area contributed by atoms with Crippen LogP contribution < -0.4 is 5.32 Å². The Morgan fingerprint density at radius 1 is 1.38 bits per heavy atom. The molecule has 2 atom stereocenters. The molecule has 1 aliphatic carbocycles. The summed E-state index contributed by atoms with van der Waals surface area (Å²) in [5.74, 6) is 1.97. The lowest BCUT2D eigenvalue weighted by molar-refractivity contribution is -0.135. The Morgan fingerprint density at radius 2 is 2.05 bits per heavy atom. The van der Waals surface area contributed by atoms with Crippen LogP contribution in [-0.4, -0.2) is 36.5 Å². The summed E-state index contributed by atoms with van der Waals surface area (Å²) in [6, 6.07) is 0.600. The van der Waals surface area contributed by atoms with Gasteiger partial charge in [-0.15, -0.1) is 0 Å². The lowest BCUT2D eigenvalue weighted by Gasteiger charge is -2.35. The van der Waals surface area contributed by atoms with Gasteiger partial charge in [-0.3, -0.25) is 4.79 Å². The summed E-state index contributed by atoms with van der Waals surface area (Å²) < 4.78 is 0. The van der Waals surface area contributed by atoms with Crippen LogP contribution in [0.25, 0.3) is 0 Å². The number of nitrogens with zero attached hydrogens (tertiary/aromatic N) is 1. The van der Waals surface area contributed by atoms with Crippen LogP contribution in [0.1, 0.15) is 53.4 Å². The van der Waals surface area contributed by atoms with E-state index in [1.165, 1.54) is 12.8 Å². The van der Waals surface area contributed by atoms with Crippen molar-refractivity contribution in [2.75, 3.05) is 19.6 Å². The van der Waals surface area contributed by atoms with Gasteiger partial charge in [0.25, 0.3) is 0 Å². The molecular weight excluding hydrogens is 260 g/mol. The fraction of sp³-hybridized carbons (Fsp3) is 0.833. The molecule has 2 unspecified atom stereocenters. The van der Waals surface area contributed by atoms with Gasteiger partial charge in [0, 0.05) is 25.0 Å². The highest BCUT2D eigenvalue weighted by Crippen LogP contribution is 2.27. The molecule has 3 nitrogen and oxygen atoms in total. The highest BCUT2D eigenvalue weighted by atomic mass is 16.2. The molecule has 0 bridgehead atoms. The van der Waals surface area contributed by atoms with Gasteiger partial charge in [-0.25, -0.2) is 0 Å². The molecule has 2 rings (SSSR count). The third-order valence-corrected chi connectivity index (χ3v) is 4.88. The van der Waals surface area contributed by atoms with E-state index in [-0.39, 0.29) is 5.92 Å². The van der Waals surface area contributed by atoms with Gasteiger partial charge in [0.2, 0.25) is 5.91 Å². The largest absolute Gasteiger partial charge is 0.342 e. The van der Waals surface area contributed by atoms with E-state index in [9.17, 15) is 4.79 Å². The summed E-state index contributed by atoms with van der Waals surface area (Å²) in [5.41, 5.74) is 1.55. The Hall–Kier alpha value is -0.830. The van der Waals surface area contributed by atoms with Crippen molar-refractivity contribution in [1.29, 1.82) is 0 Å². The molecule has 0 radical (unpaired) electrons. The van der Waals surface area contributed by atoms with E-state index in [1.54, 1.807) is 5.57 Å². The van der Waals surface area contributed by atoms with Crippen LogP contribution in [-0.2, 0) is 4.79 Å². The molecule has 120 valence electrons. The van der Waals surface area contributed by atoms with E-state index in [0.717, 1.165) is 44.3 Å². The molecule has 1 aliphatic heterocycles. The summed E-state index contributed by atoms with van der Waals surface area (Å²) in [4.78, 5) is 14.0. The normalized spacial score (nSPS) is 27.9. The van der Waals surface area contributed by atoms with Crippen molar-refractivity contribution in [3.63, 3.8) is 0 Å². The zero-order valence-corrected chi connectivity index (χ0v) is 14.2. The van der Waals surface area contributed by atoms with E-state index >= 15 is 0 Å². The smallest absolute Gasteiger partial charge is 0.225 e. The lowest BCUT2D eigenvalue weighted by atomic mass is 9.83. The average Bonchev–Trinajstić information content (AvgIpc) is 2.44. The van der Waals surface area contributed by atoms with Crippen molar-refractivity contribution in [2.24, 2.45) is 17.8 Å². The van der Waals surface area contributed by atoms with Gasteiger partial charge in [0.15, 0.2) is 0 Å². The number of amides is 1. The van der Waals surface area contributed by atoms with Crippen LogP contribution in [0.15, 0.2) is 11.6 Å². The van der Waals surface area contributed by atoms with E-state index in [4.69, 9.17) is 0 Å². The minimum absolute atomic E-state index is 0.132. The highest BCUT2D eigenvalue weighted by Gasteiger charge is 2.25. The Morgan fingerprint density at radius 3 is 2.62 bits per heavy atom. The van der Waals surface area contributed by atoms with Crippen molar-refractivity contribution >= 4 is 5.91 Å². The Bertz CT molecular complexity index is 381. The fourth-order valence-electron chi connectivity index (χ4n) is 3.84. The number of carbonyl (C=O) groups excluding carboxylic acids is 1. The number of allylic oxidation sites excluding steroid dienone is 2. The lowest BCUT2D eigenvalue weighted by Crippen LogP contribution is -2.47. The number of rotatable bonds is 4. The second-order valence-electron chi connectivity index (χ2n) is 7.46. The zero-order valence-electron chi connectivity index (χ0n) is 14.2. The maximum absolute atomic E-state index is 12.0. The Labute approximate surface area is 130 Å². The molecule has 1 heterocycles. The number of nitrogens with one attached hydrogen (secondary N) is 1. The summed E-state index contributed by atoms with van der Waals surface area (Å²) in [7, 11) is 0. The molecule has 21 heavy (non-hydrogen) atoms. The average molecular weight is 292 g/mol. The highest BCUT2D eigenvalue weighted by molar-refractivity contribution is 5.78. The van der Waals surface area contributed by atoms with Gasteiger partial charge in [0.1, 0.15) is 0 Å². The van der Waals surface area contributed by atoms with Crippen molar-refractivity contribution in [3.05, 3.63) is 11.6 Å². The van der Waals surface area contributed by atoms with Gasteiger partial charge >= 0.3 is 0 Å². The van der Waals surface area contributed by atoms with Gasteiger partial charge in [-0.05, 0) is 51.0 Å². The SMILES string of the molecule is CC1=CC(C)CC(CNC2CCN(C(=O)C(C)C)CC2)C1. The monoisotopic (exact) mass is 292 g/mol. The summed E-state index contributed by atoms with van der Waals surface area (Å²) in [6.45, 7) is 11.6. The molecule has 0 aromatic heterocycles. The van der Waals surface area contributed by atoms with Gasteiger partial charge in [-0.1, -0.05) is 32.4 Å². The predicted octanol–water partition coefficient (Wildman–Crippen LogP) is 3.22. The molecule has 0 saturated carbocycles. The van der Waals surface area contributed by atoms with E-state index < -0.39 is 0 Å². The number of hydrogen-bond donors (Lipinski definition) is 1. The number of hydrogen-bond acceptors (Lipinski definition) is 2. The van der Waals surface area contributed by atoms with Gasteiger partial charge < -0.3 is 10.2 Å². The third-order valence-electron chi connectivity index (χ3n) is 4.88. The van der Waals surface area contributed by atoms with Crippen LogP contribution in [0.3, 0.4) is 0 Å². The standard InChI is InChI=1S/C18H32N2O/c1-13(2)18(21)20-7-5-17(6-8-20)19-12-16-10-14(3)9-15(4)11-16/h9,13-14,16-17,19H,5-8,10-12H2,1-4H3. The number of likely N-dealkylation sites (tertiary alicyclic amines) is 1. The summed E-state index contributed by atoms with van der Waals surface area (Å²) >= 11 is 0. The maximum atomic E-state index is 12.0. The number of piperidine rings is 1. The second kappa shape index (κ2) is 7.44. The van der Waals surface area contributed by atoms with E-state index in [1.807, 2.05) is 18.7 Å². The zero-order chi connectivity index (χ0) is 15.4. The van der Waals surface area contributed by atoms with Crippen molar-refractivity contribution in [3.8, 4) is 0 Å². The maximum Gasteiger partial charge on any atom is 0.225 e. The summed E-state index contributed by atoms with van der Waals surface area (Å²) in [5, 5.41) is 3.76. The van der Waals surface area contributed by atoms with Crippen molar-refractivity contribution in [2.45, 2.75) is 59.4 Å². The molecule has 3 heteroatoms. The molecule has 1 saturated heterocycles. The predicted molar refractivity (Wildman–Crippen MR) is 88.1 cm³/mol. The Kier molecular flexibility index (Phi) is 5.86. The van der Waals surface area contributed by atoms with E-state index in [2.05, 4.69) is 25.2 Å². The van der Waals surface area contributed by atoms with E-state index in [0.29, 0.717) is 11.9 Å². The Balaban J connectivity index is 1.70. The van der Waals surface area contributed by atoms with Gasteiger partial charge in [-0.2, -0.15) is 0 Å². The molecule has 1 N–H and O–H groups in total. The first-order chi connectivity index (χ1) is 9.95. The van der Waals surface area contributed by atoms with Crippen LogP contribution in [0.4, 0.5) is 0 Å². The quantitative estimate of drug-likeness (QED) is 0.807. The molecule has 1 fully saturated rings. The molecular formula is C18H32N2O. The van der Waals surface area contributed by atoms with Crippen molar-refractivity contribution in [1.82, 2.24) is 10.2 Å². The fourth-order valence-corrected chi connectivity index (χ4v) is 3.84. The molecule has 0 aromatic carbocycles. The van der Waals surface area contributed by atoms with Crippen molar-refractivity contribution < 1.29 is 4.79 Å². The van der Waals surface area contributed by atoms with Crippen LogP contribution >= 0.6 is 0 Å². The second-order valence-corrected chi connectivity index (χ2v) is 7.46. The molecule has 1 amide bonds. The minimum atomic E-state index is 0.132. The molecule has 2 aliphatic rings. The first-order valence-corrected chi connectivity index (χ1v) is 8.65. The van der Waals surface area contributed by atoms with Crippen LogP contribution in [0.5, 0.6) is 0 Å². The first kappa shape index (κ1) is 16.5.